The zero-order chi connectivity index (χ0) is 8.77. The van der Waals surface area contributed by atoms with Gasteiger partial charge in [-0.3, -0.25) is 4.90 Å². The van der Waals surface area contributed by atoms with Gasteiger partial charge in [-0.25, -0.2) is 0 Å². The number of rotatable bonds is 2. The second-order valence-corrected chi connectivity index (χ2v) is 5.45. The van der Waals surface area contributed by atoms with Crippen molar-refractivity contribution in [2.45, 2.75) is 44.5 Å². The Labute approximate surface area is 79.9 Å². The summed E-state index contributed by atoms with van der Waals surface area (Å²) in [5, 5.41) is 0.831. The summed E-state index contributed by atoms with van der Waals surface area (Å²) in [5.41, 5.74) is 0.754. The maximum atomic E-state index is 2.68. The summed E-state index contributed by atoms with van der Waals surface area (Å²) in [6.07, 6.45) is 6.70. The van der Waals surface area contributed by atoms with E-state index in [9.17, 15) is 0 Å². The molecule has 70 valence electrons. The van der Waals surface area contributed by atoms with Crippen molar-refractivity contribution < 1.29 is 0 Å². The lowest BCUT2D eigenvalue weighted by Crippen LogP contribution is -2.36. The van der Waals surface area contributed by atoms with E-state index in [0.717, 1.165) is 16.8 Å². The van der Waals surface area contributed by atoms with Crippen molar-refractivity contribution in [1.82, 2.24) is 4.90 Å². The van der Waals surface area contributed by atoms with Crippen LogP contribution in [-0.2, 0) is 0 Å². The van der Waals surface area contributed by atoms with Gasteiger partial charge in [-0.1, -0.05) is 0 Å². The van der Waals surface area contributed by atoms with Crippen LogP contribution >= 0.6 is 11.8 Å². The average Bonchev–Trinajstić information content (AvgIpc) is 2.64. The molecule has 1 saturated heterocycles. The van der Waals surface area contributed by atoms with E-state index in [2.05, 4.69) is 36.8 Å². The van der Waals surface area contributed by atoms with Crippen molar-refractivity contribution in [3.8, 4) is 0 Å². The Balaban J connectivity index is 2.08. The molecule has 0 N–H and O–H groups in total. The molecule has 2 aliphatic rings. The van der Waals surface area contributed by atoms with E-state index in [1.54, 1.807) is 0 Å². The third kappa shape index (κ3) is 1.20. The Kier molecular flexibility index (Phi) is 2.16. The summed E-state index contributed by atoms with van der Waals surface area (Å²) in [6.45, 7) is 5.98. The van der Waals surface area contributed by atoms with Crippen LogP contribution < -0.4 is 0 Å². The molecule has 2 rings (SSSR count). The minimum Gasteiger partial charge on any atom is -0.289 e. The lowest BCUT2D eigenvalue weighted by atomic mass is 10.1. The molecule has 0 aromatic rings. The van der Waals surface area contributed by atoms with Crippen LogP contribution in [-0.4, -0.2) is 29.1 Å². The first-order valence-electron chi connectivity index (χ1n) is 4.98. The molecule has 0 radical (unpaired) electrons. The molecule has 1 heterocycles. The van der Waals surface area contributed by atoms with Gasteiger partial charge in [0.25, 0.3) is 0 Å². The second kappa shape index (κ2) is 2.91. The molecule has 1 saturated carbocycles. The number of nitrogens with zero attached hydrogens (tertiary/aromatic N) is 1. The Hall–Kier alpha value is 0.310. The first-order chi connectivity index (χ1) is 5.69. The van der Waals surface area contributed by atoms with Crippen molar-refractivity contribution in [3.05, 3.63) is 0 Å². The molecule has 2 fully saturated rings. The summed E-state index contributed by atoms with van der Waals surface area (Å²) in [5.74, 6) is 0. The van der Waals surface area contributed by atoms with E-state index >= 15 is 0 Å². The predicted molar refractivity (Wildman–Crippen MR) is 55.4 cm³/mol. The Morgan fingerprint density at radius 1 is 1.33 bits per heavy atom. The fourth-order valence-electron chi connectivity index (χ4n) is 2.52. The minimum absolute atomic E-state index is 0.738. The van der Waals surface area contributed by atoms with Gasteiger partial charge in [-0.2, -0.15) is 0 Å². The fourth-order valence-corrected chi connectivity index (χ4v) is 3.99. The highest BCUT2D eigenvalue weighted by Gasteiger charge is 2.55. The lowest BCUT2D eigenvalue weighted by Gasteiger charge is -2.29. The molecule has 0 aromatic heterocycles. The Morgan fingerprint density at radius 3 is 2.42 bits per heavy atom. The summed E-state index contributed by atoms with van der Waals surface area (Å²) < 4.78 is 0. The maximum Gasteiger partial charge on any atom is 0.0614 e. The van der Waals surface area contributed by atoms with Gasteiger partial charge < -0.3 is 0 Å². The van der Waals surface area contributed by atoms with Gasteiger partial charge in [0.15, 0.2) is 0 Å². The monoisotopic (exact) mass is 185 g/mol. The largest absolute Gasteiger partial charge is 0.289 e. The topological polar surface area (TPSA) is 3.24 Å². The molecule has 12 heavy (non-hydrogen) atoms. The van der Waals surface area contributed by atoms with Crippen LogP contribution in [0, 0.1) is 5.41 Å². The second-order valence-electron chi connectivity index (χ2n) is 4.53. The highest BCUT2D eigenvalue weighted by molar-refractivity contribution is 7.99. The van der Waals surface area contributed by atoms with Crippen LogP contribution in [0.3, 0.4) is 0 Å². The van der Waals surface area contributed by atoms with Gasteiger partial charge in [0.2, 0.25) is 0 Å². The molecule has 1 spiro atoms. The molecule has 0 amide bonds. The third-order valence-electron chi connectivity index (χ3n) is 3.47. The van der Waals surface area contributed by atoms with Crippen LogP contribution in [0.15, 0.2) is 0 Å². The van der Waals surface area contributed by atoms with Crippen molar-refractivity contribution in [1.29, 1.82) is 0 Å². The molecule has 2 heteroatoms. The number of hydrogen-bond acceptors (Lipinski definition) is 2. The molecule has 1 aliphatic carbocycles. The zero-order valence-corrected chi connectivity index (χ0v) is 9.16. The average molecular weight is 185 g/mol. The van der Waals surface area contributed by atoms with Crippen molar-refractivity contribution in [2.75, 3.05) is 12.8 Å². The van der Waals surface area contributed by atoms with Crippen molar-refractivity contribution in [3.63, 3.8) is 0 Å². The maximum absolute atomic E-state index is 2.68. The van der Waals surface area contributed by atoms with Gasteiger partial charge in [0, 0.05) is 12.6 Å². The van der Waals surface area contributed by atoms with Gasteiger partial charge in [0.1, 0.15) is 0 Å². The van der Waals surface area contributed by atoms with E-state index in [0.29, 0.717) is 0 Å². The van der Waals surface area contributed by atoms with Crippen LogP contribution in [0.2, 0.25) is 0 Å². The van der Waals surface area contributed by atoms with Crippen molar-refractivity contribution >= 4 is 11.8 Å². The van der Waals surface area contributed by atoms with Gasteiger partial charge in [0.05, 0.1) is 5.37 Å². The quantitative estimate of drug-likeness (QED) is 0.650. The van der Waals surface area contributed by atoms with Crippen molar-refractivity contribution in [2.24, 2.45) is 5.41 Å². The lowest BCUT2D eigenvalue weighted by molar-refractivity contribution is 0.239. The van der Waals surface area contributed by atoms with E-state index in [1.807, 2.05) is 0 Å². The summed E-state index contributed by atoms with van der Waals surface area (Å²) in [4.78, 5) is 2.68. The molecule has 0 aromatic carbocycles. The number of hydrogen-bond donors (Lipinski definition) is 0. The van der Waals surface area contributed by atoms with E-state index in [4.69, 9.17) is 0 Å². The molecule has 1 nitrogen and oxygen atoms in total. The summed E-state index contributed by atoms with van der Waals surface area (Å²) in [7, 11) is 0. The molecule has 1 atom stereocenters. The predicted octanol–water partition coefficient (Wildman–Crippen LogP) is 2.57. The van der Waals surface area contributed by atoms with E-state index < -0.39 is 0 Å². The van der Waals surface area contributed by atoms with E-state index in [-0.39, 0.29) is 0 Å². The SMILES string of the molecule is CS[C@H]1N(C(C)C)CCC12CC2. The Morgan fingerprint density at radius 2 is 2.00 bits per heavy atom. The van der Waals surface area contributed by atoms with Crippen LogP contribution in [0.5, 0.6) is 0 Å². The zero-order valence-electron chi connectivity index (χ0n) is 8.34. The number of thioether (sulfide) groups is 1. The Bertz CT molecular complexity index is 175. The smallest absolute Gasteiger partial charge is 0.0614 e. The molecular weight excluding hydrogens is 166 g/mol. The third-order valence-corrected chi connectivity index (χ3v) is 4.69. The fraction of sp³-hybridized carbons (Fsp3) is 1.00. The summed E-state index contributed by atoms with van der Waals surface area (Å²) >= 11 is 2.06. The van der Waals surface area contributed by atoms with Gasteiger partial charge in [-0.15, -0.1) is 11.8 Å². The molecule has 0 bridgehead atoms. The highest BCUT2D eigenvalue weighted by Crippen LogP contribution is 2.59. The first-order valence-corrected chi connectivity index (χ1v) is 6.27. The summed E-state index contributed by atoms with van der Waals surface area (Å²) in [6, 6.07) is 0.738. The molecule has 1 aliphatic heterocycles. The van der Waals surface area contributed by atoms with Crippen LogP contribution in [0.1, 0.15) is 33.1 Å². The first kappa shape index (κ1) is 8.89. The van der Waals surface area contributed by atoms with Crippen LogP contribution in [0.4, 0.5) is 0 Å². The van der Waals surface area contributed by atoms with E-state index in [1.165, 1.54) is 25.8 Å². The van der Waals surface area contributed by atoms with Crippen LogP contribution in [0.25, 0.3) is 0 Å². The van der Waals surface area contributed by atoms with Gasteiger partial charge >= 0.3 is 0 Å². The van der Waals surface area contributed by atoms with Gasteiger partial charge in [-0.05, 0) is 44.8 Å². The molecular formula is C10H19NS. The highest BCUT2D eigenvalue weighted by atomic mass is 32.2. The normalized spacial score (nSPS) is 33.5. The minimum atomic E-state index is 0.738. The molecule has 0 unspecified atom stereocenters. The standard InChI is InChI=1S/C10H19NS/c1-8(2)11-7-6-10(4-5-10)9(11)12-3/h8-9H,4-7H2,1-3H3/t9-/m1/s1. The number of likely N-dealkylation sites (tertiary alicyclic amines) is 1.